The lowest BCUT2D eigenvalue weighted by Gasteiger charge is -2.38. The molecule has 0 aliphatic heterocycles. The molecular formula is C30H26F12NP. The standard InChI is InChI=1S/C30H26F12NP/c1-43(2)26(17-7-4-3-5-8-17)24-9-6-10-25(24)44(22-13-18(27(31,32)33)11-19(14-22)28(34,35)36)23-15-20(29(37,38)39)12-21(16-23)30(40,41)42/h3-5,7-8,11-16,24-26H,6,9-10H2,1-2H3/t24-,25+,26-/m1/s1. The third kappa shape index (κ3) is 7.53. The monoisotopic (exact) mass is 659 g/mol. The molecule has 0 radical (unpaired) electrons. The molecule has 1 fully saturated rings. The van der Waals surface area contributed by atoms with Gasteiger partial charge in [-0.25, -0.2) is 0 Å². The molecule has 240 valence electrons. The van der Waals surface area contributed by atoms with Gasteiger partial charge in [0, 0.05) is 6.04 Å². The third-order valence-corrected chi connectivity index (χ3v) is 10.6. The van der Waals surface area contributed by atoms with E-state index in [9.17, 15) is 52.7 Å². The molecule has 1 aliphatic carbocycles. The first-order chi connectivity index (χ1) is 20.2. The minimum Gasteiger partial charge on any atom is -0.302 e. The summed E-state index contributed by atoms with van der Waals surface area (Å²) in [6.07, 6.45) is -20.1. The number of halogens is 12. The van der Waals surface area contributed by atoms with Crippen LogP contribution in [0.5, 0.6) is 0 Å². The molecule has 0 saturated heterocycles. The number of rotatable bonds is 6. The molecule has 0 spiro atoms. The molecule has 3 atom stereocenters. The quantitative estimate of drug-likeness (QED) is 0.188. The fraction of sp³-hybridized carbons (Fsp3) is 0.400. The zero-order valence-electron chi connectivity index (χ0n) is 23.1. The molecule has 0 amide bonds. The molecule has 1 nitrogen and oxygen atoms in total. The van der Waals surface area contributed by atoms with Gasteiger partial charge >= 0.3 is 24.7 Å². The van der Waals surface area contributed by atoms with Gasteiger partial charge in [0.2, 0.25) is 0 Å². The Morgan fingerprint density at radius 2 is 0.977 bits per heavy atom. The number of nitrogens with zero attached hydrogens (tertiary/aromatic N) is 1. The van der Waals surface area contributed by atoms with E-state index in [0.717, 1.165) is 5.56 Å². The van der Waals surface area contributed by atoms with E-state index in [2.05, 4.69) is 0 Å². The fourth-order valence-electron chi connectivity index (χ4n) is 5.92. The van der Waals surface area contributed by atoms with Crippen molar-refractivity contribution in [3.8, 4) is 0 Å². The highest BCUT2D eigenvalue weighted by Crippen LogP contribution is 2.56. The lowest BCUT2D eigenvalue weighted by Crippen LogP contribution is -2.35. The van der Waals surface area contributed by atoms with Crippen LogP contribution in [0.25, 0.3) is 0 Å². The number of hydrogen-bond donors (Lipinski definition) is 0. The molecule has 4 rings (SSSR count). The third-order valence-electron chi connectivity index (χ3n) is 7.67. The van der Waals surface area contributed by atoms with Crippen LogP contribution in [0, 0.1) is 5.92 Å². The Balaban J connectivity index is 2.05. The van der Waals surface area contributed by atoms with Crippen molar-refractivity contribution in [2.75, 3.05) is 14.1 Å². The molecule has 0 heterocycles. The van der Waals surface area contributed by atoms with E-state index in [4.69, 9.17) is 0 Å². The summed E-state index contributed by atoms with van der Waals surface area (Å²) in [4.78, 5) is 1.78. The summed E-state index contributed by atoms with van der Waals surface area (Å²) < 4.78 is 167. The Morgan fingerprint density at radius 3 is 1.32 bits per heavy atom. The summed E-state index contributed by atoms with van der Waals surface area (Å²) in [5.41, 5.74) is -6.89. The Hall–Kier alpha value is -2.79. The summed E-state index contributed by atoms with van der Waals surface area (Å²) in [7, 11) is 0.784. The number of alkyl halides is 12. The van der Waals surface area contributed by atoms with Gasteiger partial charge in [0.1, 0.15) is 0 Å². The van der Waals surface area contributed by atoms with Gasteiger partial charge in [-0.2, -0.15) is 52.7 Å². The van der Waals surface area contributed by atoms with Crippen molar-refractivity contribution >= 4 is 18.5 Å². The van der Waals surface area contributed by atoms with E-state index in [1.54, 1.807) is 49.3 Å². The Kier molecular flexibility index (Phi) is 9.45. The summed E-state index contributed by atoms with van der Waals surface area (Å²) in [5, 5.41) is -1.20. The Bertz CT molecular complexity index is 1300. The molecule has 0 unspecified atom stereocenters. The van der Waals surface area contributed by atoms with E-state index >= 15 is 0 Å². The molecule has 1 saturated carbocycles. The summed E-state index contributed by atoms with van der Waals surface area (Å²) >= 11 is 0. The smallest absolute Gasteiger partial charge is 0.302 e. The lowest BCUT2D eigenvalue weighted by atomic mass is 9.90. The van der Waals surface area contributed by atoms with Crippen LogP contribution in [0.2, 0.25) is 0 Å². The van der Waals surface area contributed by atoms with E-state index in [-0.39, 0.29) is 18.6 Å². The van der Waals surface area contributed by atoms with E-state index in [0.29, 0.717) is 37.1 Å². The molecule has 3 aromatic rings. The minimum absolute atomic E-state index is 0.108. The first-order valence-electron chi connectivity index (χ1n) is 13.3. The maximum atomic E-state index is 13.9. The highest BCUT2D eigenvalue weighted by Gasteiger charge is 2.45. The highest BCUT2D eigenvalue weighted by atomic mass is 31.1. The topological polar surface area (TPSA) is 3.24 Å². The van der Waals surface area contributed by atoms with Crippen LogP contribution in [0.3, 0.4) is 0 Å². The normalized spacial score (nSPS) is 19.2. The molecule has 1 aliphatic rings. The second-order valence-corrected chi connectivity index (χ2v) is 13.3. The molecule has 44 heavy (non-hydrogen) atoms. The van der Waals surface area contributed by atoms with Crippen molar-refractivity contribution in [3.63, 3.8) is 0 Å². The first-order valence-corrected chi connectivity index (χ1v) is 14.7. The van der Waals surface area contributed by atoms with Crippen LogP contribution >= 0.6 is 7.92 Å². The average molecular weight is 659 g/mol. The van der Waals surface area contributed by atoms with Gasteiger partial charge in [-0.3, -0.25) is 0 Å². The second kappa shape index (κ2) is 12.2. The summed E-state index contributed by atoms with van der Waals surface area (Å²) in [6.45, 7) is 0. The van der Waals surface area contributed by atoms with E-state index in [1.807, 2.05) is 0 Å². The van der Waals surface area contributed by atoms with E-state index in [1.165, 1.54) is 0 Å². The van der Waals surface area contributed by atoms with Crippen molar-refractivity contribution in [1.29, 1.82) is 0 Å². The van der Waals surface area contributed by atoms with Crippen molar-refractivity contribution in [2.45, 2.75) is 55.7 Å². The number of benzene rings is 3. The van der Waals surface area contributed by atoms with E-state index < -0.39 is 83.1 Å². The zero-order valence-corrected chi connectivity index (χ0v) is 24.0. The second-order valence-electron chi connectivity index (χ2n) is 10.9. The largest absolute Gasteiger partial charge is 0.416 e. The van der Waals surface area contributed by atoms with Crippen LogP contribution in [-0.2, 0) is 24.7 Å². The van der Waals surface area contributed by atoms with Crippen LogP contribution in [0.15, 0.2) is 66.7 Å². The lowest BCUT2D eigenvalue weighted by molar-refractivity contribution is -0.144. The van der Waals surface area contributed by atoms with Gasteiger partial charge in [-0.05, 0) is 99.0 Å². The van der Waals surface area contributed by atoms with Gasteiger partial charge in [0.05, 0.1) is 22.3 Å². The molecule has 0 bridgehead atoms. The fourth-order valence-corrected chi connectivity index (χ4v) is 9.24. The van der Waals surface area contributed by atoms with Crippen molar-refractivity contribution in [1.82, 2.24) is 4.90 Å². The van der Waals surface area contributed by atoms with Gasteiger partial charge in [0.25, 0.3) is 0 Å². The summed E-state index contributed by atoms with van der Waals surface area (Å²) in [6, 6.07) is 9.73. The average Bonchev–Trinajstić information content (AvgIpc) is 3.35. The van der Waals surface area contributed by atoms with Crippen molar-refractivity contribution in [3.05, 3.63) is 94.5 Å². The van der Waals surface area contributed by atoms with Gasteiger partial charge in [0.15, 0.2) is 0 Å². The van der Waals surface area contributed by atoms with Crippen LogP contribution in [0.4, 0.5) is 52.7 Å². The van der Waals surface area contributed by atoms with Crippen molar-refractivity contribution < 1.29 is 52.7 Å². The van der Waals surface area contributed by atoms with Gasteiger partial charge in [-0.15, -0.1) is 0 Å². The predicted molar refractivity (Wildman–Crippen MR) is 143 cm³/mol. The summed E-state index contributed by atoms with van der Waals surface area (Å²) in [5.74, 6) is -0.522. The Morgan fingerprint density at radius 1 is 0.591 bits per heavy atom. The van der Waals surface area contributed by atoms with Crippen molar-refractivity contribution in [2.24, 2.45) is 5.92 Å². The van der Waals surface area contributed by atoms with Gasteiger partial charge in [-0.1, -0.05) is 36.8 Å². The van der Waals surface area contributed by atoms with Crippen LogP contribution < -0.4 is 10.6 Å². The molecule has 3 aromatic carbocycles. The maximum Gasteiger partial charge on any atom is 0.416 e. The predicted octanol–water partition coefficient (Wildman–Crippen LogP) is 9.67. The highest BCUT2D eigenvalue weighted by molar-refractivity contribution is 7.73. The SMILES string of the molecule is CN(C)[C@H](c1ccccc1)[C@@H]1CCC[C@@H]1P(c1cc(C(F)(F)F)cc(C(F)(F)F)c1)c1cc(C(F)(F)F)cc(C(F)(F)F)c1. The molecular weight excluding hydrogens is 633 g/mol. The number of hydrogen-bond acceptors (Lipinski definition) is 1. The first kappa shape index (κ1) is 34.1. The zero-order chi connectivity index (χ0) is 32.8. The Labute approximate surface area is 246 Å². The van der Waals surface area contributed by atoms with Gasteiger partial charge < -0.3 is 4.90 Å². The van der Waals surface area contributed by atoms with Crippen LogP contribution in [-0.4, -0.2) is 24.7 Å². The maximum absolute atomic E-state index is 13.9. The molecule has 14 heteroatoms. The van der Waals surface area contributed by atoms with Crippen LogP contribution in [0.1, 0.15) is 53.1 Å². The minimum atomic E-state index is -5.27. The molecule has 0 N–H and O–H groups in total. The molecule has 0 aromatic heterocycles.